The number of nitrogens with two attached hydrogens (primary N) is 1. The maximum absolute atomic E-state index is 11.7. The molecule has 0 radical (unpaired) electrons. The number of benzene rings is 1. The van der Waals surface area contributed by atoms with Crippen molar-refractivity contribution >= 4 is 23.2 Å². The van der Waals surface area contributed by atoms with Crippen LogP contribution in [0, 0.1) is 5.41 Å². The number of carboxylic acid groups (broad SMARTS) is 1. The Bertz CT molecular complexity index is 543. The molecule has 5 N–H and O–H groups in total. The quantitative estimate of drug-likeness (QED) is 0.500. The number of aliphatic carboxylic acids is 1. The second-order valence-electron chi connectivity index (χ2n) is 4.24. The van der Waals surface area contributed by atoms with Crippen LogP contribution in [-0.4, -0.2) is 42.3 Å². The van der Waals surface area contributed by atoms with Gasteiger partial charge in [-0.15, -0.1) is 0 Å². The van der Waals surface area contributed by atoms with Crippen molar-refractivity contribution in [1.29, 1.82) is 5.41 Å². The summed E-state index contributed by atoms with van der Waals surface area (Å²) in [5.41, 5.74) is 5.90. The molecule has 1 aromatic carbocycles. The number of carbonyl (C=O) groups is 2. The number of hydrogen-bond donors (Lipinski definition) is 4. The summed E-state index contributed by atoms with van der Waals surface area (Å²) in [5, 5.41) is 19.3. The lowest BCUT2D eigenvalue weighted by Crippen LogP contribution is -2.19. The van der Waals surface area contributed by atoms with Gasteiger partial charge in [-0.1, -0.05) is 6.92 Å². The van der Waals surface area contributed by atoms with E-state index in [0.29, 0.717) is 30.2 Å². The highest BCUT2D eigenvalue weighted by Crippen LogP contribution is 2.23. The van der Waals surface area contributed by atoms with Gasteiger partial charge in [0.1, 0.15) is 24.6 Å². The molecule has 0 saturated carbocycles. The van der Waals surface area contributed by atoms with Crippen molar-refractivity contribution in [3.8, 4) is 5.75 Å². The molecule has 114 valence electrons. The molecule has 7 nitrogen and oxygen atoms in total. The van der Waals surface area contributed by atoms with E-state index in [1.807, 2.05) is 0 Å². The van der Waals surface area contributed by atoms with Gasteiger partial charge in [-0.05, 0) is 18.2 Å². The lowest BCUT2D eigenvalue weighted by molar-refractivity contribution is -0.134. The van der Waals surface area contributed by atoms with Crippen molar-refractivity contribution < 1.29 is 19.4 Å². The normalized spacial score (nSPS) is 10.0. The fourth-order valence-electron chi connectivity index (χ4n) is 1.65. The van der Waals surface area contributed by atoms with E-state index >= 15 is 0 Å². The smallest absolute Gasteiger partial charge is 0.322 e. The van der Waals surface area contributed by atoms with Crippen LogP contribution in [0.15, 0.2) is 18.2 Å². The molecule has 0 fully saturated rings. The molecule has 1 aromatic rings. The van der Waals surface area contributed by atoms with Gasteiger partial charge in [0.15, 0.2) is 5.78 Å². The minimum Gasteiger partial charge on any atom is -0.492 e. The Labute approximate surface area is 122 Å². The van der Waals surface area contributed by atoms with Crippen molar-refractivity contribution in [2.75, 3.05) is 25.0 Å². The van der Waals surface area contributed by atoms with Crippen molar-refractivity contribution in [3.63, 3.8) is 0 Å². The fraction of sp³-hybridized carbons (Fsp3) is 0.357. The topological polar surface area (TPSA) is 126 Å². The SMILES string of the molecule is CCC(=O)C(=N)c1cc(OCCN)ccc1NCC(=O)O. The summed E-state index contributed by atoms with van der Waals surface area (Å²) < 4.78 is 5.36. The Morgan fingerprint density at radius 3 is 2.71 bits per heavy atom. The Morgan fingerprint density at radius 2 is 2.14 bits per heavy atom. The number of carboxylic acids is 1. The van der Waals surface area contributed by atoms with Crippen molar-refractivity contribution in [2.24, 2.45) is 5.73 Å². The van der Waals surface area contributed by atoms with Crippen LogP contribution in [0.25, 0.3) is 0 Å². The third kappa shape index (κ3) is 4.88. The molecule has 0 saturated heterocycles. The van der Waals surface area contributed by atoms with Crippen LogP contribution < -0.4 is 15.8 Å². The van der Waals surface area contributed by atoms with E-state index in [-0.39, 0.29) is 24.5 Å². The summed E-state index contributed by atoms with van der Waals surface area (Å²) in [7, 11) is 0. The largest absolute Gasteiger partial charge is 0.492 e. The van der Waals surface area contributed by atoms with Gasteiger partial charge in [-0.3, -0.25) is 15.0 Å². The first-order valence-corrected chi connectivity index (χ1v) is 6.54. The first-order chi connectivity index (χ1) is 9.99. The second-order valence-corrected chi connectivity index (χ2v) is 4.24. The van der Waals surface area contributed by atoms with Gasteiger partial charge in [-0.2, -0.15) is 0 Å². The van der Waals surface area contributed by atoms with Crippen LogP contribution in [0.3, 0.4) is 0 Å². The van der Waals surface area contributed by atoms with Crippen LogP contribution in [-0.2, 0) is 9.59 Å². The predicted octanol–water partition coefficient (Wildman–Crippen LogP) is 0.868. The number of Topliss-reactive ketones (excluding diaryl/α,β-unsaturated/α-hetero) is 1. The van der Waals surface area contributed by atoms with Gasteiger partial charge in [0.05, 0.1) is 0 Å². The van der Waals surface area contributed by atoms with Crippen molar-refractivity contribution in [1.82, 2.24) is 0 Å². The van der Waals surface area contributed by atoms with E-state index in [4.69, 9.17) is 21.0 Å². The zero-order valence-electron chi connectivity index (χ0n) is 11.8. The number of anilines is 1. The van der Waals surface area contributed by atoms with Crippen LogP contribution in [0.5, 0.6) is 5.75 Å². The lowest BCUT2D eigenvalue weighted by atomic mass is 10.0. The average molecular weight is 293 g/mol. The summed E-state index contributed by atoms with van der Waals surface area (Å²) >= 11 is 0. The van der Waals surface area contributed by atoms with Crippen molar-refractivity contribution in [2.45, 2.75) is 13.3 Å². The number of nitrogens with one attached hydrogen (secondary N) is 2. The van der Waals surface area contributed by atoms with Crippen LogP contribution in [0.4, 0.5) is 5.69 Å². The molecule has 1 rings (SSSR count). The number of rotatable bonds is 9. The van der Waals surface area contributed by atoms with Gasteiger partial charge < -0.3 is 20.9 Å². The number of hydrogen-bond acceptors (Lipinski definition) is 6. The van der Waals surface area contributed by atoms with E-state index in [9.17, 15) is 9.59 Å². The summed E-state index contributed by atoms with van der Waals surface area (Å²) in [5.74, 6) is -0.882. The van der Waals surface area contributed by atoms with Gasteiger partial charge in [0.2, 0.25) is 0 Å². The predicted molar refractivity (Wildman–Crippen MR) is 79.2 cm³/mol. The van der Waals surface area contributed by atoms with Gasteiger partial charge >= 0.3 is 5.97 Å². The summed E-state index contributed by atoms with van der Waals surface area (Å²) in [6.45, 7) is 2.02. The third-order valence-electron chi connectivity index (χ3n) is 2.68. The van der Waals surface area contributed by atoms with E-state index in [1.54, 1.807) is 19.1 Å². The molecule has 0 aromatic heterocycles. The van der Waals surface area contributed by atoms with Crippen LogP contribution in [0.1, 0.15) is 18.9 Å². The minimum absolute atomic E-state index is 0.177. The van der Waals surface area contributed by atoms with Gasteiger partial charge in [0.25, 0.3) is 0 Å². The minimum atomic E-state index is -1.03. The molecular weight excluding hydrogens is 274 g/mol. The number of ketones is 1. The molecule has 0 spiro atoms. The standard InChI is InChI=1S/C14H19N3O4/c1-2-12(18)14(16)10-7-9(21-6-5-15)3-4-11(10)17-8-13(19)20/h3-4,7,16-17H,2,5-6,8,15H2,1H3,(H,19,20). The molecule has 0 aliphatic carbocycles. The molecule has 7 heteroatoms. The number of ether oxygens (including phenoxy) is 1. The van der Waals surface area contributed by atoms with E-state index in [0.717, 1.165) is 0 Å². The monoisotopic (exact) mass is 293 g/mol. The third-order valence-corrected chi connectivity index (χ3v) is 2.68. The Kier molecular flexibility index (Phi) is 6.35. The highest BCUT2D eigenvalue weighted by atomic mass is 16.5. The fourth-order valence-corrected chi connectivity index (χ4v) is 1.65. The zero-order chi connectivity index (χ0) is 15.8. The first-order valence-electron chi connectivity index (χ1n) is 6.54. The molecule has 0 heterocycles. The Balaban J connectivity index is 3.08. The zero-order valence-corrected chi connectivity index (χ0v) is 11.8. The summed E-state index contributed by atoms with van der Waals surface area (Å²) in [6.07, 6.45) is 0.199. The van der Waals surface area contributed by atoms with Crippen LogP contribution >= 0.6 is 0 Å². The molecule has 0 aliphatic rings. The summed E-state index contributed by atoms with van der Waals surface area (Å²) in [4.78, 5) is 22.3. The average Bonchev–Trinajstić information content (AvgIpc) is 2.49. The Hall–Kier alpha value is -2.41. The van der Waals surface area contributed by atoms with Gasteiger partial charge in [0, 0.05) is 24.2 Å². The van der Waals surface area contributed by atoms with E-state index in [2.05, 4.69) is 5.32 Å². The molecule has 0 atom stereocenters. The Morgan fingerprint density at radius 1 is 1.43 bits per heavy atom. The maximum atomic E-state index is 11.7. The second kappa shape index (κ2) is 8.01. The molecule has 0 unspecified atom stereocenters. The highest BCUT2D eigenvalue weighted by molar-refractivity contribution is 6.46. The molecule has 0 bridgehead atoms. The van der Waals surface area contributed by atoms with Crippen LogP contribution in [0.2, 0.25) is 0 Å². The maximum Gasteiger partial charge on any atom is 0.322 e. The highest BCUT2D eigenvalue weighted by Gasteiger charge is 2.15. The molecular formula is C14H19N3O4. The summed E-state index contributed by atoms with van der Waals surface area (Å²) in [6, 6.07) is 4.75. The van der Waals surface area contributed by atoms with E-state index < -0.39 is 5.97 Å². The van der Waals surface area contributed by atoms with E-state index in [1.165, 1.54) is 6.07 Å². The molecule has 0 amide bonds. The molecule has 21 heavy (non-hydrogen) atoms. The van der Waals surface area contributed by atoms with Gasteiger partial charge in [-0.25, -0.2) is 0 Å². The lowest BCUT2D eigenvalue weighted by Gasteiger charge is -2.13. The molecule has 0 aliphatic heterocycles. The number of carbonyl (C=O) groups excluding carboxylic acids is 1. The van der Waals surface area contributed by atoms with Crippen molar-refractivity contribution in [3.05, 3.63) is 23.8 Å². The first kappa shape index (κ1) is 16.6.